The lowest BCUT2D eigenvalue weighted by molar-refractivity contribution is 0.0949. The van der Waals surface area contributed by atoms with Crippen LogP contribution >= 0.6 is 23.1 Å². The number of hydrogen-bond donors (Lipinski definition) is 1. The topological polar surface area (TPSA) is 42.0 Å². The van der Waals surface area contributed by atoms with Crippen LogP contribution in [0.5, 0.6) is 0 Å². The molecule has 0 aliphatic carbocycles. The van der Waals surface area contributed by atoms with Gasteiger partial charge in [0.05, 0.1) is 5.51 Å². The fourth-order valence-corrected chi connectivity index (χ4v) is 4.01. The lowest BCUT2D eigenvalue weighted by Gasteiger charge is -2.25. The van der Waals surface area contributed by atoms with Crippen molar-refractivity contribution in [3.8, 4) is 0 Å². The van der Waals surface area contributed by atoms with Gasteiger partial charge in [-0.3, -0.25) is 4.79 Å². The molecule has 5 heteroatoms. The van der Waals surface area contributed by atoms with E-state index >= 15 is 0 Å². The van der Waals surface area contributed by atoms with Gasteiger partial charge in [0.1, 0.15) is 5.69 Å². The summed E-state index contributed by atoms with van der Waals surface area (Å²) < 4.78 is 0. The minimum absolute atomic E-state index is 0.0788. The Kier molecular flexibility index (Phi) is 3.84. The van der Waals surface area contributed by atoms with E-state index in [1.165, 1.54) is 22.5 Å². The Balaban J connectivity index is 1.67. The molecule has 1 aliphatic heterocycles. The van der Waals surface area contributed by atoms with Crippen LogP contribution in [0.3, 0.4) is 0 Å². The average molecular weight is 290 g/mol. The first-order valence-corrected chi connectivity index (χ1v) is 8.19. The fraction of sp³-hybridized carbons (Fsp3) is 0.286. The van der Waals surface area contributed by atoms with Crippen molar-refractivity contribution in [2.45, 2.75) is 11.7 Å². The molecule has 1 atom stereocenters. The summed E-state index contributed by atoms with van der Waals surface area (Å²) in [6.45, 7) is 0.665. The number of amides is 1. The van der Waals surface area contributed by atoms with Gasteiger partial charge in [0, 0.05) is 17.2 Å². The number of carbonyl (C=O) groups is 1. The van der Waals surface area contributed by atoms with Crippen molar-refractivity contribution in [2.75, 3.05) is 12.3 Å². The van der Waals surface area contributed by atoms with Gasteiger partial charge in [0.15, 0.2) is 0 Å². The summed E-state index contributed by atoms with van der Waals surface area (Å²) in [5.74, 6) is 1.04. The normalized spacial score (nSPS) is 17.8. The first-order chi connectivity index (χ1) is 9.34. The van der Waals surface area contributed by atoms with Crippen LogP contribution in [0.1, 0.15) is 26.9 Å². The Bertz CT molecular complexity index is 569. The number of aromatic nitrogens is 1. The van der Waals surface area contributed by atoms with E-state index in [-0.39, 0.29) is 5.91 Å². The second-order valence-corrected chi connectivity index (χ2v) is 6.42. The molecule has 2 aromatic rings. The number of nitrogens with zero attached hydrogens (tertiary/aromatic N) is 1. The number of hydrogen-bond acceptors (Lipinski definition) is 4. The van der Waals surface area contributed by atoms with Gasteiger partial charge in [-0.05, 0) is 23.3 Å². The van der Waals surface area contributed by atoms with Crippen molar-refractivity contribution in [1.29, 1.82) is 0 Å². The molecule has 98 valence electrons. The Morgan fingerprint density at radius 1 is 1.42 bits per heavy atom. The molecule has 1 aliphatic rings. The highest BCUT2D eigenvalue weighted by atomic mass is 32.2. The van der Waals surface area contributed by atoms with E-state index in [4.69, 9.17) is 0 Å². The third-order valence-corrected chi connectivity index (χ3v) is 5.05. The lowest BCUT2D eigenvalue weighted by atomic mass is 10.0. The number of aryl methyl sites for hydroxylation is 1. The van der Waals surface area contributed by atoms with Gasteiger partial charge in [-0.1, -0.05) is 24.3 Å². The number of rotatable bonds is 3. The number of benzene rings is 1. The van der Waals surface area contributed by atoms with Crippen LogP contribution in [0.15, 0.2) is 35.2 Å². The van der Waals surface area contributed by atoms with Crippen molar-refractivity contribution in [3.05, 3.63) is 52.0 Å². The highest BCUT2D eigenvalue weighted by Gasteiger charge is 2.21. The standard InChI is InChI=1S/C14H14N2OS2/c17-14(12-8-18-9-16-12)15-7-13-11-4-2-1-3-10(11)5-6-19-13/h1-4,8-9,13H,5-7H2,(H,15,17). The fourth-order valence-electron chi connectivity index (χ4n) is 2.25. The highest BCUT2D eigenvalue weighted by molar-refractivity contribution is 7.99. The zero-order valence-corrected chi connectivity index (χ0v) is 12.0. The Morgan fingerprint density at radius 3 is 3.16 bits per heavy atom. The van der Waals surface area contributed by atoms with E-state index in [9.17, 15) is 4.79 Å². The van der Waals surface area contributed by atoms with E-state index in [0.717, 1.165) is 12.2 Å². The van der Waals surface area contributed by atoms with Crippen LogP contribution in [0.25, 0.3) is 0 Å². The SMILES string of the molecule is O=C(NCC1SCCc2ccccc21)c1cscn1. The van der Waals surface area contributed by atoms with E-state index in [2.05, 4.69) is 34.6 Å². The van der Waals surface area contributed by atoms with Gasteiger partial charge in [0.2, 0.25) is 0 Å². The number of fused-ring (bicyclic) bond motifs is 1. The number of thiazole rings is 1. The summed E-state index contributed by atoms with van der Waals surface area (Å²) in [5, 5.41) is 5.11. The number of nitrogens with one attached hydrogen (secondary N) is 1. The number of thioether (sulfide) groups is 1. The predicted octanol–water partition coefficient (Wildman–Crippen LogP) is 2.90. The second kappa shape index (κ2) is 5.75. The van der Waals surface area contributed by atoms with Gasteiger partial charge in [-0.25, -0.2) is 4.98 Å². The summed E-state index contributed by atoms with van der Waals surface area (Å²) in [6.07, 6.45) is 1.12. The molecule has 1 aromatic heterocycles. The molecule has 1 amide bonds. The van der Waals surface area contributed by atoms with E-state index in [1.807, 2.05) is 11.8 Å². The average Bonchev–Trinajstić information content (AvgIpc) is 2.99. The van der Waals surface area contributed by atoms with Crippen molar-refractivity contribution >= 4 is 29.0 Å². The first kappa shape index (κ1) is 12.7. The summed E-state index contributed by atoms with van der Waals surface area (Å²) in [5.41, 5.74) is 4.96. The first-order valence-electron chi connectivity index (χ1n) is 6.20. The van der Waals surface area contributed by atoms with Gasteiger partial charge in [-0.2, -0.15) is 11.8 Å². The Hall–Kier alpha value is -1.33. The molecular weight excluding hydrogens is 276 g/mol. The molecule has 0 saturated carbocycles. The van der Waals surface area contributed by atoms with E-state index in [0.29, 0.717) is 17.5 Å². The summed E-state index contributed by atoms with van der Waals surface area (Å²) >= 11 is 3.35. The third-order valence-electron chi connectivity index (χ3n) is 3.21. The summed E-state index contributed by atoms with van der Waals surface area (Å²) in [4.78, 5) is 15.9. The summed E-state index contributed by atoms with van der Waals surface area (Å²) in [6, 6.07) is 8.51. The molecule has 3 nitrogen and oxygen atoms in total. The molecule has 3 rings (SSSR count). The molecule has 1 aromatic carbocycles. The van der Waals surface area contributed by atoms with Crippen molar-refractivity contribution in [2.24, 2.45) is 0 Å². The lowest BCUT2D eigenvalue weighted by Crippen LogP contribution is -2.29. The Morgan fingerprint density at radius 2 is 2.32 bits per heavy atom. The molecule has 2 heterocycles. The summed E-state index contributed by atoms with van der Waals surface area (Å²) in [7, 11) is 0. The van der Waals surface area contributed by atoms with Gasteiger partial charge >= 0.3 is 0 Å². The molecule has 1 N–H and O–H groups in total. The molecule has 0 radical (unpaired) electrons. The quantitative estimate of drug-likeness (QED) is 0.945. The van der Waals surface area contributed by atoms with E-state index < -0.39 is 0 Å². The largest absolute Gasteiger partial charge is 0.349 e. The maximum Gasteiger partial charge on any atom is 0.270 e. The van der Waals surface area contributed by atoms with Gasteiger partial charge < -0.3 is 5.32 Å². The van der Waals surface area contributed by atoms with Crippen LogP contribution in [0.2, 0.25) is 0 Å². The zero-order chi connectivity index (χ0) is 13.1. The van der Waals surface area contributed by atoms with Crippen molar-refractivity contribution < 1.29 is 4.79 Å². The molecular formula is C14H14N2OS2. The monoisotopic (exact) mass is 290 g/mol. The van der Waals surface area contributed by atoms with Crippen molar-refractivity contribution in [1.82, 2.24) is 10.3 Å². The minimum atomic E-state index is -0.0788. The highest BCUT2D eigenvalue weighted by Crippen LogP contribution is 2.35. The van der Waals surface area contributed by atoms with Crippen LogP contribution in [0.4, 0.5) is 0 Å². The van der Waals surface area contributed by atoms with Crippen LogP contribution < -0.4 is 5.32 Å². The van der Waals surface area contributed by atoms with Crippen LogP contribution in [0, 0.1) is 0 Å². The second-order valence-electron chi connectivity index (χ2n) is 4.39. The smallest absolute Gasteiger partial charge is 0.270 e. The molecule has 19 heavy (non-hydrogen) atoms. The maximum absolute atomic E-state index is 11.9. The minimum Gasteiger partial charge on any atom is -0.349 e. The molecule has 1 unspecified atom stereocenters. The van der Waals surface area contributed by atoms with Crippen LogP contribution in [-0.4, -0.2) is 23.2 Å². The van der Waals surface area contributed by atoms with Crippen molar-refractivity contribution in [3.63, 3.8) is 0 Å². The number of carbonyl (C=O) groups excluding carboxylic acids is 1. The molecule has 0 bridgehead atoms. The van der Waals surface area contributed by atoms with Crippen LogP contribution in [-0.2, 0) is 6.42 Å². The predicted molar refractivity (Wildman–Crippen MR) is 79.8 cm³/mol. The van der Waals surface area contributed by atoms with E-state index in [1.54, 1.807) is 10.9 Å². The molecule has 0 spiro atoms. The molecule has 0 fully saturated rings. The van der Waals surface area contributed by atoms with Gasteiger partial charge in [-0.15, -0.1) is 11.3 Å². The molecule has 0 saturated heterocycles. The zero-order valence-electron chi connectivity index (χ0n) is 10.3. The van der Waals surface area contributed by atoms with Gasteiger partial charge in [0.25, 0.3) is 5.91 Å². The maximum atomic E-state index is 11.9. The Labute approximate surface area is 120 Å². The third kappa shape index (κ3) is 2.82.